The summed E-state index contributed by atoms with van der Waals surface area (Å²) >= 11 is 1.38. The van der Waals surface area contributed by atoms with Crippen molar-refractivity contribution in [3.8, 4) is 5.69 Å². The van der Waals surface area contributed by atoms with Gasteiger partial charge in [-0.05, 0) is 37.4 Å². The molecule has 2 aromatic carbocycles. The van der Waals surface area contributed by atoms with E-state index in [0.29, 0.717) is 10.8 Å². The number of amides is 1. The number of esters is 1. The molecule has 1 atom stereocenters. The van der Waals surface area contributed by atoms with Crippen LogP contribution in [0, 0.1) is 10.1 Å². The van der Waals surface area contributed by atoms with Crippen molar-refractivity contribution in [1.82, 2.24) is 9.55 Å². The van der Waals surface area contributed by atoms with Gasteiger partial charge in [0.15, 0.2) is 17.0 Å². The van der Waals surface area contributed by atoms with Crippen molar-refractivity contribution >= 4 is 35.0 Å². The number of nitrogens with one attached hydrogen (secondary N) is 1. The molecule has 10 heteroatoms. The van der Waals surface area contributed by atoms with E-state index in [1.54, 1.807) is 4.57 Å². The Morgan fingerprint density at radius 2 is 1.83 bits per heavy atom. The average Bonchev–Trinajstić information content (AvgIpc) is 3.19. The number of benzene rings is 2. The summed E-state index contributed by atoms with van der Waals surface area (Å²) in [5.41, 5.74) is 1.20. The molecule has 0 saturated carbocycles. The molecule has 0 aliphatic carbocycles. The fourth-order valence-corrected chi connectivity index (χ4v) is 3.18. The van der Waals surface area contributed by atoms with Gasteiger partial charge in [-0.25, -0.2) is 9.78 Å². The lowest BCUT2D eigenvalue weighted by atomic mass is 10.2. The Morgan fingerprint density at radius 1 is 1.17 bits per heavy atom. The van der Waals surface area contributed by atoms with Crippen molar-refractivity contribution < 1.29 is 19.2 Å². The number of non-ortho nitro benzene ring substituents is 1. The van der Waals surface area contributed by atoms with Crippen molar-refractivity contribution in [1.29, 1.82) is 0 Å². The number of hydrogen-bond donors (Lipinski definition) is 1. The van der Waals surface area contributed by atoms with Gasteiger partial charge in [-0.15, -0.1) is 0 Å². The number of ether oxygens (including phenoxy) is 1. The molecule has 0 saturated heterocycles. The monoisotopic (exact) mass is 426 g/mol. The Bertz CT molecular complexity index is 1070. The average molecular weight is 426 g/mol. The first kappa shape index (κ1) is 21.1. The first-order valence-electron chi connectivity index (χ1n) is 8.84. The van der Waals surface area contributed by atoms with Crippen LogP contribution in [-0.4, -0.2) is 38.7 Å². The van der Waals surface area contributed by atoms with E-state index >= 15 is 0 Å². The van der Waals surface area contributed by atoms with E-state index in [-0.39, 0.29) is 11.4 Å². The highest BCUT2D eigenvalue weighted by Crippen LogP contribution is 2.22. The second-order valence-corrected chi connectivity index (χ2v) is 6.92. The Labute approximate surface area is 176 Å². The summed E-state index contributed by atoms with van der Waals surface area (Å²) in [6, 6.07) is 14.6. The molecule has 9 nitrogen and oxygen atoms in total. The van der Waals surface area contributed by atoms with Crippen LogP contribution in [0.4, 0.5) is 11.4 Å². The van der Waals surface area contributed by atoms with Crippen molar-refractivity contribution in [3.05, 3.63) is 76.6 Å². The van der Waals surface area contributed by atoms with Crippen LogP contribution in [0.3, 0.4) is 0 Å². The number of para-hydroxylation sites is 1. The van der Waals surface area contributed by atoms with Gasteiger partial charge in [0.1, 0.15) is 0 Å². The number of nitro groups is 1. The van der Waals surface area contributed by atoms with Gasteiger partial charge in [0.2, 0.25) is 0 Å². The van der Waals surface area contributed by atoms with Gasteiger partial charge in [-0.1, -0.05) is 30.0 Å². The zero-order chi connectivity index (χ0) is 21.7. The first-order valence-corrected chi connectivity index (χ1v) is 10.1. The molecule has 0 bridgehead atoms. The Hall–Kier alpha value is -3.66. The Morgan fingerprint density at radius 3 is 2.43 bits per heavy atom. The summed E-state index contributed by atoms with van der Waals surface area (Å²) in [4.78, 5) is 39.5. The SMILES string of the molecule is CSc1ncc(C(=O)OC(C)C(=O)Nc2ccc([N+](=O)[O-])cc2)n1-c1ccccc1. The third-order valence-corrected chi connectivity index (χ3v) is 4.79. The van der Waals surface area contributed by atoms with E-state index in [4.69, 9.17) is 4.74 Å². The largest absolute Gasteiger partial charge is 0.448 e. The molecule has 3 aromatic rings. The molecule has 1 aromatic heterocycles. The second kappa shape index (κ2) is 9.23. The fourth-order valence-electron chi connectivity index (χ4n) is 2.63. The van der Waals surface area contributed by atoms with Gasteiger partial charge in [-0.2, -0.15) is 0 Å². The number of thioether (sulfide) groups is 1. The molecular formula is C20H18N4O5S. The second-order valence-electron chi connectivity index (χ2n) is 6.14. The summed E-state index contributed by atoms with van der Waals surface area (Å²) < 4.78 is 6.98. The van der Waals surface area contributed by atoms with Gasteiger partial charge in [0.05, 0.1) is 11.1 Å². The number of rotatable bonds is 7. The number of carbonyl (C=O) groups is 2. The van der Waals surface area contributed by atoms with E-state index in [1.165, 1.54) is 49.1 Å². The van der Waals surface area contributed by atoms with Gasteiger partial charge in [0, 0.05) is 23.5 Å². The molecule has 0 aliphatic heterocycles. The molecule has 154 valence electrons. The molecule has 0 spiro atoms. The van der Waals surface area contributed by atoms with Crippen LogP contribution in [-0.2, 0) is 9.53 Å². The third-order valence-electron chi connectivity index (χ3n) is 4.13. The number of hydrogen-bond acceptors (Lipinski definition) is 7. The predicted molar refractivity (Wildman–Crippen MR) is 112 cm³/mol. The van der Waals surface area contributed by atoms with Gasteiger partial charge >= 0.3 is 5.97 Å². The molecule has 1 heterocycles. The maximum absolute atomic E-state index is 12.7. The highest BCUT2D eigenvalue weighted by molar-refractivity contribution is 7.98. The van der Waals surface area contributed by atoms with Crippen LogP contribution in [0.25, 0.3) is 5.69 Å². The Kier molecular flexibility index (Phi) is 6.48. The molecular weight excluding hydrogens is 408 g/mol. The summed E-state index contributed by atoms with van der Waals surface area (Å²) in [5, 5.41) is 13.9. The highest BCUT2D eigenvalue weighted by atomic mass is 32.2. The van der Waals surface area contributed by atoms with Crippen LogP contribution in [0.2, 0.25) is 0 Å². The van der Waals surface area contributed by atoms with E-state index in [2.05, 4.69) is 10.3 Å². The standard InChI is InChI=1S/C20H18N4O5S/c1-13(18(25)22-14-8-10-16(11-9-14)24(27)28)29-19(26)17-12-21-20(30-2)23(17)15-6-4-3-5-7-15/h3-13H,1-2H3,(H,22,25). The van der Waals surface area contributed by atoms with Crippen molar-refractivity contribution in [2.24, 2.45) is 0 Å². The van der Waals surface area contributed by atoms with Crippen molar-refractivity contribution in [2.75, 3.05) is 11.6 Å². The molecule has 3 rings (SSSR count). The number of aromatic nitrogens is 2. The quantitative estimate of drug-likeness (QED) is 0.265. The van der Waals surface area contributed by atoms with Gasteiger partial charge < -0.3 is 10.1 Å². The van der Waals surface area contributed by atoms with Crippen LogP contribution >= 0.6 is 11.8 Å². The van der Waals surface area contributed by atoms with Crippen LogP contribution in [0.5, 0.6) is 0 Å². The lowest BCUT2D eigenvalue weighted by Gasteiger charge is -2.15. The number of nitrogens with zero attached hydrogens (tertiary/aromatic N) is 3. The maximum Gasteiger partial charge on any atom is 0.357 e. The molecule has 0 radical (unpaired) electrons. The molecule has 30 heavy (non-hydrogen) atoms. The van der Waals surface area contributed by atoms with Crippen molar-refractivity contribution in [2.45, 2.75) is 18.2 Å². The van der Waals surface area contributed by atoms with Gasteiger partial charge in [-0.3, -0.25) is 19.5 Å². The minimum atomic E-state index is -1.09. The summed E-state index contributed by atoms with van der Waals surface area (Å²) in [6.07, 6.45) is 2.16. The minimum absolute atomic E-state index is 0.0914. The zero-order valence-electron chi connectivity index (χ0n) is 16.1. The molecule has 0 aliphatic rings. The normalized spacial score (nSPS) is 11.5. The summed E-state index contributed by atoms with van der Waals surface area (Å²) in [6.45, 7) is 1.44. The van der Waals surface area contributed by atoms with Crippen LogP contribution in [0.15, 0.2) is 66.0 Å². The van der Waals surface area contributed by atoms with Crippen LogP contribution in [0.1, 0.15) is 17.4 Å². The van der Waals surface area contributed by atoms with E-state index in [0.717, 1.165) is 5.69 Å². The van der Waals surface area contributed by atoms with Crippen molar-refractivity contribution in [3.63, 3.8) is 0 Å². The number of anilines is 1. The van der Waals surface area contributed by atoms with Gasteiger partial charge in [0.25, 0.3) is 11.6 Å². The lowest BCUT2D eigenvalue weighted by Crippen LogP contribution is -2.30. The lowest BCUT2D eigenvalue weighted by molar-refractivity contribution is -0.384. The van der Waals surface area contributed by atoms with E-state index < -0.39 is 22.9 Å². The number of nitro benzene ring substituents is 1. The van der Waals surface area contributed by atoms with Crippen LogP contribution < -0.4 is 5.32 Å². The molecule has 1 unspecified atom stereocenters. The summed E-state index contributed by atoms with van der Waals surface area (Å²) in [5.74, 6) is -1.26. The zero-order valence-corrected chi connectivity index (χ0v) is 17.0. The first-order chi connectivity index (χ1) is 14.4. The topological polar surface area (TPSA) is 116 Å². The molecule has 0 fully saturated rings. The number of imidazole rings is 1. The Balaban J connectivity index is 1.72. The fraction of sp³-hybridized carbons (Fsp3) is 0.150. The highest BCUT2D eigenvalue weighted by Gasteiger charge is 2.24. The predicted octanol–water partition coefficient (Wildman–Crippen LogP) is 3.69. The maximum atomic E-state index is 12.7. The minimum Gasteiger partial charge on any atom is -0.448 e. The number of carbonyl (C=O) groups excluding carboxylic acids is 2. The smallest absolute Gasteiger partial charge is 0.357 e. The summed E-state index contributed by atoms with van der Waals surface area (Å²) in [7, 11) is 0. The van der Waals surface area contributed by atoms with E-state index in [9.17, 15) is 19.7 Å². The molecule has 1 amide bonds. The van der Waals surface area contributed by atoms with E-state index in [1.807, 2.05) is 36.6 Å². The third kappa shape index (κ3) is 4.66. The molecule has 1 N–H and O–H groups in total.